The number of aromatic nitrogens is 1. The second-order valence-corrected chi connectivity index (χ2v) is 4.76. The average Bonchev–Trinajstić information content (AvgIpc) is 2.43. The molecule has 0 unspecified atom stereocenters. The van der Waals surface area contributed by atoms with E-state index in [0.29, 0.717) is 0 Å². The number of aliphatic carboxylic acids is 1. The van der Waals surface area contributed by atoms with Crippen LogP contribution in [-0.4, -0.2) is 68.5 Å². The van der Waals surface area contributed by atoms with Crippen molar-refractivity contribution in [1.29, 1.82) is 0 Å². The van der Waals surface area contributed by atoms with Crippen molar-refractivity contribution in [3.63, 3.8) is 0 Å². The molecule has 2 heterocycles. The highest BCUT2D eigenvalue weighted by atomic mass is 16.4. The maximum atomic E-state index is 12.3. The minimum Gasteiger partial charge on any atom is -0.506 e. The molecule has 21 heavy (non-hydrogen) atoms. The monoisotopic (exact) mass is 293 g/mol. The topological polar surface area (TPSA) is 111 Å². The third-order valence-electron chi connectivity index (χ3n) is 3.31. The van der Waals surface area contributed by atoms with Gasteiger partial charge in [0.1, 0.15) is 18.3 Å². The van der Waals surface area contributed by atoms with Gasteiger partial charge in [-0.15, -0.1) is 0 Å². The first kappa shape index (κ1) is 14.8. The summed E-state index contributed by atoms with van der Waals surface area (Å²) in [6.07, 6.45) is 2.51. The van der Waals surface area contributed by atoms with E-state index in [0.717, 1.165) is 0 Å². The highest BCUT2D eigenvalue weighted by molar-refractivity contribution is 5.98. The largest absolute Gasteiger partial charge is 0.506 e. The second kappa shape index (κ2) is 5.78. The third-order valence-corrected chi connectivity index (χ3v) is 3.31. The van der Waals surface area contributed by atoms with E-state index in [2.05, 4.69) is 4.98 Å². The Morgan fingerprint density at radius 2 is 2.10 bits per heavy atom. The van der Waals surface area contributed by atoms with Crippen molar-refractivity contribution in [1.82, 2.24) is 14.8 Å². The van der Waals surface area contributed by atoms with E-state index in [4.69, 9.17) is 5.11 Å². The van der Waals surface area contributed by atoms with Crippen molar-refractivity contribution in [3.8, 4) is 5.75 Å². The average molecular weight is 293 g/mol. The van der Waals surface area contributed by atoms with Gasteiger partial charge in [-0.25, -0.2) is 0 Å². The zero-order valence-corrected chi connectivity index (χ0v) is 11.4. The molecule has 2 rings (SSSR count). The number of nitrogens with zero attached hydrogens (tertiary/aromatic N) is 3. The van der Waals surface area contributed by atoms with Gasteiger partial charge in [-0.3, -0.25) is 19.4 Å². The lowest BCUT2D eigenvalue weighted by Gasteiger charge is -2.38. The molecule has 0 radical (unpaired) electrons. The molecule has 0 bridgehead atoms. The van der Waals surface area contributed by atoms with Crippen molar-refractivity contribution in [2.24, 2.45) is 0 Å². The molecule has 8 nitrogen and oxygen atoms in total. The van der Waals surface area contributed by atoms with E-state index in [1.165, 1.54) is 28.3 Å². The molecule has 1 fully saturated rings. The Hall–Kier alpha value is -2.64. The number of amides is 2. The lowest BCUT2D eigenvalue weighted by Crippen LogP contribution is -2.58. The van der Waals surface area contributed by atoms with Crippen LogP contribution in [0.5, 0.6) is 5.75 Å². The normalized spacial score (nSPS) is 18.7. The minimum atomic E-state index is -1.09. The fourth-order valence-corrected chi connectivity index (χ4v) is 2.24. The van der Waals surface area contributed by atoms with E-state index in [9.17, 15) is 19.5 Å². The number of hydrogen-bond acceptors (Lipinski definition) is 5. The highest BCUT2D eigenvalue weighted by Gasteiger charge is 2.35. The maximum absolute atomic E-state index is 12.3. The first-order chi connectivity index (χ1) is 9.90. The summed E-state index contributed by atoms with van der Waals surface area (Å²) in [6, 6.07) is 0.517. The first-order valence-electron chi connectivity index (χ1n) is 6.35. The summed E-state index contributed by atoms with van der Waals surface area (Å²) >= 11 is 0. The molecule has 0 saturated carbocycles. The number of hydrogen-bond donors (Lipinski definition) is 2. The number of rotatable bonds is 3. The highest BCUT2D eigenvalue weighted by Crippen LogP contribution is 2.17. The van der Waals surface area contributed by atoms with Gasteiger partial charge >= 0.3 is 5.97 Å². The van der Waals surface area contributed by atoms with Crippen molar-refractivity contribution < 1.29 is 24.6 Å². The summed E-state index contributed by atoms with van der Waals surface area (Å²) in [7, 11) is 0. The van der Waals surface area contributed by atoms with Crippen LogP contribution in [0.25, 0.3) is 0 Å². The Balaban J connectivity index is 2.14. The summed E-state index contributed by atoms with van der Waals surface area (Å²) in [5.74, 6) is -2.06. The SMILES string of the molecule is C[C@@H]1C(=O)N(CC(=O)O)CCN1C(=O)c1cncc(O)c1. The molecular weight excluding hydrogens is 278 g/mol. The van der Waals surface area contributed by atoms with E-state index < -0.39 is 23.8 Å². The zero-order chi connectivity index (χ0) is 15.6. The molecule has 0 spiro atoms. The van der Waals surface area contributed by atoms with Crippen LogP contribution < -0.4 is 0 Å². The number of aromatic hydroxyl groups is 1. The van der Waals surface area contributed by atoms with Crippen molar-refractivity contribution in [2.75, 3.05) is 19.6 Å². The number of carboxylic acid groups (broad SMARTS) is 1. The van der Waals surface area contributed by atoms with Crippen molar-refractivity contribution >= 4 is 17.8 Å². The molecule has 0 aliphatic carbocycles. The summed E-state index contributed by atoms with van der Waals surface area (Å²) in [4.78, 5) is 41.4. The van der Waals surface area contributed by atoms with Crippen LogP contribution in [0.15, 0.2) is 18.5 Å². The predicted octanol–water partition coefficient (Wildman–Crippen LogP) is -0.455. The molecule has 1 aromatic heterocycles. The maximum Gasteiger partial charge on any atom is 0.323 e. The number of carboxylic acids is 1. The lowest BCUT2D eigenvalue weighted by atomic mass is 10.1. The van der Waals surface area contributed by atoms with Gasteiger partial charge in [-0.2, -0.15) is 0 Å². The smallest absolute Gasteiger partial charge is 0.323 e. The Morgan fingerprint density at radius 3 is 2.71 bits per heavy atom. The predicted molar refractivity (Wildman–Crippen MR) is 70.6 cm³/mol. The van der Waals surface area contributed by atoms with E-state index in [-0.39, 0.29) is 30.9 Å². The van der Waals surface area contributed by atoms with Crippen LogP contribution in [0.3, 0.4) is 0 Å². The van der Waals surface area contributed by atoms with Gasteiger partial charge in [0, 0.05) is 19.3 Å². The molecule has 2 amide bonds. The summed E-state index contributed by atoms with van der Waals surface area (Å²) in [5, 5.41) is 18.1. The zero-order valence-electron chi connectivity index (χ0n) is 11.4. The van der Waals surface area contributed by atoms with Gasteiger partial charge in [-0.1, -0.05) is 0 Å². The molecule has 112 valence electrons. The van der Waals surface area contributed by atoms with Gasteiger partial charge in [0.15, 0.2) is 0 Å². The van der Waals surface area contributed by atoms with Gasteiger partial charge in [0.05, 0.1) is 11.8 Å². The van der Waals surface area contributed by atoms with Crippen LogP contribution in [0.4, 0.5) is 0 Å². The molecule has 8 heteroatoms. The molecule has 1 saturated heterocycles. The van der Waals surface area contributed by atoms with Crippen LogP contribution in [0.1, 0.15) is 17.3 Å². The van der Waals surface area contributed by atoms with Gasteiger partial charge in [0.25, 0.3) is 5.91 Å². The Morgan fingerprint density at radius 1 is 1.38 bits per heavy atom. The van der Waals surface area contributed by atoms with Crippen LogP contribution in [-0.2, 0) is 9.59 Å². The summed E-state index contributed by atoms with van der Waals surface area (Å²) in [6.45, 7) is 1.56. The molecule has 0 aromatic carbocycles. The molecule has 1 atom stereocenters. The Bertz CT molecular complexity index is 589. The van der Waals surface area contributed by atoms with Crippen molar-refractivity contribution in [2.45, 2.75) is 13.0 Å². The van der Waals surface area contributed by atoms with Gasteiger partial charge in [0.2, 0.25) is 5.91 Å². The van der Waals surface area contributed by atoms with E-state index in [1.54, 1.807) is 6.92 Å². The molecule has 1 aliphatic rings. The van der Waals surface area contributed by atoms with Crippen LogP contribution in [0.2, 0.25) is 0 Å². The van der Waals surface area contributed by atoms with E-state index in [1.807, 2.05) is 0 Å². The first-order valence-corrected chi connectivity index (χ1v) is 6.35. The van der Waals surface area contributed by atoms with E-state index >= 15 is 0 Å². The number of piperazine rings is 1. The Kier molecular flexibility index (Phi) is 4.06. The standard InChI is InChI=1S/C13H15N3O5/c1-8-12(20)15(7-11(18)19)2-3-16(8)13(21)9-4-10(17)6-14-5-9/h4-6,8,17H,2-3,7H2,1H3,(H,18,19)/t8-/m1/s1. The van der Waals surface area contributed by atoms with Crippen LogP contribution >= 0.6 is 0 Å². The quantitative estimate of drug-likeness (QED) is 0.780. The molecule has 1 aromatic rings. The second-order valence-electron chi connectivity index (χ2n) is 4.76. The minimum absolute atomic E-state index is 0.135. The number of carbonyl (C=O) groups excluding carboxylic acids is 2. The fraction of sp³-hybridized carbons (Fsp3) is 0.385. The number of pyridine rings is 1. The third kappa shape index (κ3) is 3.10. The van der Waals surface area contributed by atoms with Crippen LogP contribution in [0, 0.1) is 0 Å². The van der Waals surface area contributed by atoms with Gasteiger partial charge < -0.3 is 20.0 Å². The Labute approximate surface area is 120 Å². The van der Waals surface area contributed by atoms with Gasteiger partial charge in [-0.05, 0) is 13.0 Å². The number of carbonyl (C=O) groups is 3. The molecular formula is C13H15N3O5. The lowest BCUT2D eigenvalue weighted by molar-refractivity contribution is -0.148. The molecule has 1 aliphatic heterocycles. The summed E-state index contributed by atoms with van der Waals surface area (Å²) < 4.78 is 0. The summed E-state index contributed by atoms with van der Waals surface area (Å²) in [5.41, 5.74) is 0.182. The van der Waals surface area contributed by atoms with Crippen molar-refractivity contribution in [3.05, 3.63) is 24.0 Å². The molecule has 2 N–H and O–H groups in total. The fourth-order valence-electron chi connectivity index (χ4n) is 2.24.